The second-order valence-corrected chi connectivity index (χ2v) is 19.2. The Labute approximate surface area is 385 Å². The van der Waals surface area contributed by atoms with Crippen molar-refractivity contribution in [1.29, 1.82) is 0 Å². The van der Waals surface area contributed by atoms with Gasteiger partial charge in [0.2, 0.25) is 5.95 Å². The molecule has 5 heteroatoms. The summed E-state index contributed by atoms with van der Waals surface area (Å²) in [5, 5.41) is 7.26. The summed E-state index contributed by atoms with van der Waals surface area (Å²) < 4.78 is 5.78. The number of para-hydroxylation sites is 2. The summed E-state index contributed by atoms with van der Waals surface area (Å²) in [6, 6.07) is 75.2. The number of aromatic nitrogens is 4. The van der Waals surface area contributed by atoms with E-state index in [-0.39, 0.29) is 5.41 Å². The molecular formula is C61H40N4S. The molecule has 0 aliphatic heterocycles. The first-order valence-electron chi connectivity index (χ1n) is 22.6. The van der Waals surface area contributed by atoms with E-state index in [1.165, 1.54) is 81.6 Å². The Hall–Kier alpha value is -8.12. The van der Waals surface area contributed by atoms with Gasteiger partial charge in [-0.2, -0.15) is 0 Å². The second-order valence-electron chi connectivity index (χ2n) is 18.2. The summed E-state index contributed by atoms with van der Waals surface area (Å²) in [5.41, 5.74) is 17.3. The molecule has 0 radical (unpaired) electrons. The Balaban J connectivity index is 1.01. The van der Waals surface area contributed by atoms with Crippen LogP contribution in [-0.4, -0.2) is 19.1 Å². The first-order valence-corrected chi connectivity index (χ1v) is 23.5. The van der Waals surface area contributed by atoms with Gasteiger partial charge in [0, 0.05) is 43.1 Å². The average Bonchev–Trinajstić information content (AvgIpc) is 4.11. The van der Waals surface area contributed by atoms with Gasteiger partial charge in [-0.3, -0.25) is 4.57 Å². The molecule has 4 nitrogen and oxygen atoms in total. The lowest BCUT2D eigenvalue weighted by Crippen LogP contribution is -2.15. The van der Waals surface area contributed by atoms with E-state index >= 15 is 0 Å². The van der Waals surface area contributed by atoms with Crippen LogP contribution >= 0.6 is 11.3 Å². The number of benzene rings is 9. The molecule has 13 aromatic rings. The molecule has 310 valence electrons. The molecule has 14 rings (SSSR count). The quantitative estimate of drug-likeness (QED) is 0.173. The number of rotatable bonds is 5. The van der Waals surface area contributed by atoms with Crippen LogP contribution in [0.4, 0.5) is 0 Å². The number of thiophene rings is 1. The molecule has 1 aliphatic carbocycles. The third-order valence-electron chi connectivity index (χ3n) is 14.2. The van der Waals surface area contributed by atoms with Crippen LogP contribution in [0.1, 0.15) is 25.0 Å². The van der Waals surface area contributed by atoms with E-state index in [1.54, 1.807) is 11.3 Å². The highest BCUT2D eigenvalue weighted by Gasteiger charge is 2.35. The molecule has 0 N–H and O–H groups in total. The molecule has 0 amide bonds. The normalized spacial score (nSPS) is 13.1. The number of hydrogen-bond acceptors (Lipinski definition) is 3. The van der Waals surface area contributed by atoms with Crippen molar-refractivity contribution in [2.45, 2.75) is 19.3 Å². The maximum atomic E-state index is 5.66. The number of fused-ring (bicyclic) bond motifs is 12. The molecule has 0 fully saturated rings. The summed E-state index contributed by atoms with van der Waals surface area (Å²) >= 11 is 1.77. The van der Waals surface area contributed by atoms with Crippen LogP contribution in [0.15, 0.2) is 206 Å². The third-order valence-corrected chi connectivity index (χ3v) is 15.3. The van der Waals surface area contributed by atoms with E-state index in [1.807, 2.05) is 0 Å². The fourth-order valence-corrected chi connectivity index (χ4v) is 12.1. The minimum atomic E-state index is -0.143. The summed E-state index contributed by atoms with van der Waals surface area (Å²) in [4.78, 5) is 12.3. The SMILES string of the molecule is CC1(C)c2ccccc2-c2ccc(-c3nc(-n4c5ccc(-c6ccc7c8ccccc8n(-c8ccccc8)c7c6)cc5c5c6ccccc6ccc54)nc4cc(-c5ccccc5)sc34)cc21. The first-order chi connectivity index (χ1) is 32.5. The van der Waals surface area contributed by atoms with E-state index in [2.05, 4.69) is 229 Å². The zero-order valence-electron chi connectivity index (χ0n) is 36.3. The first kappa shape index (κ1) is 37.3. The third kappa shape index (κ3) is 5.38. The van der Waals surface area contributed by atoms with Crippen LogP contribution in [-0.2, 0) is 5.41 Å². The van der Waals surface area contributed by atoms with Crippen molar-refractivity contribution in [2.75, 3.05) is 0 Å². The molecule has 0 spiro atoms. The standard InChI is InChI=1S/C61H40N4S/c1-61(2)49-23-13-11-21-44(49)45-29-26-41(34-50(45)61)58-59-51(36-56(66-59)38-16-5-3-6-17-38)62-60(63-58)65-53-31-28-39(33-48(53)57-43-20-10-9-15-37(43)27-32-54(57)65)40-25-30-47-46-22-12-14-24-52(46)64(55(47)35-40)42-18-7-4-8-19-42/h3-36H,1-2H3. The Bertz CT molecular complexity index is 4130. The summed E-state index contributed by atoms with van der Waals surface area (Å²) in [6.45, 7) is 4.69. The lowest BCUT2D eigenvalue weighted by molar-refractivity contribution is 0.660. The minimum absolute atomic E-state index is 0.143. The Morgan fingerprint density at radius 2 is 1.09 bits per heavy atom. The van der Waals surface area contributed by atoms with Gasteiger partial charge in [-0.05, 0) is 104 Å². The molecule has 66 heavy (non-hydrogen) atoms. The zero-order chi connectivity index (χ0) is 43.7. The maximum absolute atomic E-state index is 5.66. The lowest BCUT2D eigenvalue weighted by Gasteiger charge is -2.22. The Morgan fingerprint density at radius 1 is 0.424 bits per heavy atom. The van der Waals surface area contributed by atoms with Crippen LogP contribution in [0.2, 0.25) is 0 Å². The van der Waals surface area contributed by atoms with Gasteiger partial charge in [0.1, 0.15) is 0 Å². The van der Waals surface area contributed by atoms with Crippen molar-refractivity contribution in [3.8, 4) is 55.6 Å². The molecule has 0 saturated carbocycles. The van der Waals surface area contributed by atoms with Gasteiger partial charge < -0.3 is 4.57 Å². The smallest absolute Gasteiger partial charge is 0.235 e. The highest BCUT2D eigenvalue weighted by Crippen LogP contribution is 2.50. The topological polar surface area (TPSA) is 35.6 Å². The van der Waals surface area contributed by atoms with Crippen molar-refractivity contribution in [2.24, 2.45) is 0 Å². The summed E-state index contributed by atoms with van der Waals surface area (Å²) in [7, 11) is 0. The van der Waals surface area contributed by atoms with E-state index < -0.39 is 0 Å². The molecule has 0 bridgehead atoms. The molecule has 9 aromatic carbocycles. The predicted octanol–water partition coefficient (Wildman–Crippen LogP) is 16.3. The largest absolute Gasteiger partial charge is 0.309 e. The van der Waals surface area contributed by atoms with Gasteiger partial charge >= 0.3 is 0 Å². The van der Waals surface area contributed by atoms with Crippen molar-refractivity contribution in [3.05, 3.63) is 217 Å². The zero-order valence-corrected chi connectivity index (χ0v) is 37.1. The Kier molecular flexibility index (Phi) is 7.87. The van der Waals surface area contributed by atoms with Crippen molar-refractivity contribution in [1.82, 2.24) is 19.1 Å². The fraction of sp³-hybridized carbons (Fsp3) is 0.0492. The minimum Gasteiger partial charge on any atom is -0.309 e. The van der Waals surface area contributed by atoms with E-state index in [9.17, 15) is 0 Å². The molecule has 0 saturated heterocycles. The fourth-order valence-electron chi connectivity index (χ4n) is 11.0. The summed E-state index contributed by atoms with van der Waals surface area (Å²) in [5.74, 6) is 0.662. The summed E-state index contributed by atoms with van der Waals surface area (Å²) in [6.07, 6.45) is 0. The van der Waals surface area contributed by atoms with Gasteiger partial charge in [-0.15, -0.1) is 11.3 Å². The molecule has 1 aliphatic rings. The van der Waals surface area contributed by atoms with Crippen LogP contribution in [0.3, 0.4) is 0 Å². The van der Waals surface area contributed by atoms with Crippen molar-refractivity contribution in [3.63, 3.8) is 0 Å². The van der Waals surface area contributed by atoms with Crippen LogP contribution in [0.5, 0.6) is 0 Å². The van der Waals surface area contributed by atoms with Crippen molar-refractivity contribution >= 4 is 75.9 Å². The molecular weight excluding hydrogens is 821 g/mol. The number of hydrogen-bond donors (Lipinski definition) is 0. The Morgan fingerprint density at radius 3 is 1.97 bits per heavy atom. The van der Waals surface area contributed by atoms with Gasteiger partial charge in [-0.25, -0.2) is 9.97 Å². The van der Waals surface area contributed by atoms with Gasteiger partial charge in [0.05, 0.1) is 38.0 Å². The molecule has 4 aromatic heterocycles. The van der Waals surface area contributed by atoms with E-state index in [4.69, 9.17) is 9.97 Å². The van der Waals surface area contributed by atoms with Crippen LogP contribution < -0.4 is 0 Å². The van der Waals surface area contributed by atoms with Gasteiger partial charge in [0.15, 0.2) is 0 Å². The van der Waals surface area contributed by atoms with E-state index in [0.717, 1.165) is 43.8 Å². The van der Waals surface area contributed by atoms with Crippen LogP contribution in [0.25, 0.3) is 120 Å². The predicted molar refractivity (Wildman–Crippen MR) is 277 cm³/mol. The average molecular weight is 861 g/mol. The monoisotopic (exact) mass is 860 g/mol. The molecule has 0 unspecified atom stereocenters. The maximum Gasteiger partial charge on any atom is 0.235 e. The highest BCUT2D eigenvalue weighted by molar-refractivity contribution is 7.22. The lowest BCUT2D eigenvalue weighted by atomic mass is 9.82. The van der Waals surface area contributed by atoms with Gasteiger partial charge in [-0.1, -0.05) is 166 Å². The highest BCUT2D eigenvalue weighted by atomic mass is 32.1. The van der Waals surface area contributed by atoms with Crippen molar-refractivity contribution < 1.29 is 0 Å². The van der Waals surface area contributed by atoms with Crippen LogP contribution in [0, 0.1) is 0 Å². The van der Waals surface area contributed by atoms with Gasteiger partial charge in [0.25, 0.3) is 0 Å². The number of nitrogens with zero attached hydrogens (tertiary/aromatic N) is 4. The molecule has 0 atom stereocenters. The van der Waals surface area contributed by atoms with E-state index in [0.29, 0.717) is 5.95 Å². The molecule has 4 heterocycles. The second kappa shape index (κ2) is 13.9.